The molecule has 1 rings (SSSR count). The number of hydrogen-bond donors (Lipinski definition) is 3. The first-order valence-corrected chi connectivity index (χ1v) is 6.78. The van der Waals surface area contributed by atoms with Crippen LogP contribution < -0.4 is 11.1 Å². The van der Waals surface area contributed by atoms with Crippen LogP contribution in [0.5, 0.6) is 0 Å². The van der Waals surface area contributed by atoms with Crippen molar-refractivity contribution in [2.75, 3.05) is 32.4 Å². The normalized spacial score (nSPS) is 12.9. The van der Waals surface area contributed by atoms with Crippen molar-refractivity contribution >= 4 is 11.6 Å². The van der Waals surface area contributed by atoms with E-state index in [2.05, 4.69) is 10.4 Å². The SMILES string of the molecule is CC(C)CNC(=O)CN(C)CC(O)Cn1cc(N)cn1. The van der Waals surface area contributed by atoms with Crippen molar-refractivity contribution in [1.29, 1.82) is 0 Å². The Kier molecular flexibility index (Phi) is 6.47. The Labute approximate surface area is 119 Å². The zero-order chi connectivity index (χ0) is 15.1. The van der Waals surface area contributed by atoms with Crippen LogP contribution in [0.15, 0.2) is 12.4 Å². The summed E-state index contributed by atoms with van der Waals surface area (Å²) >= 11 is 0. The van der Waals surface area contributed by atoms with E-state index in [1.807, 2.05) is 13.8 Å². The van der Waals surface area contributed by atoms with Gasteiger partial charge in [0.25, 0.3) is 0 Å². The van der Waals surface area contributed by atoms with Crippen molar-refractivity contribution in [2.24, 2.45) is 5.92 Å². The quantitative estimate of drug-likeness (QED) is 0.599. The molecular formula is C13H25N5O2. The van der Waals surface area contributed by atoms with Gasteiger partial charge in [0.1, 0.15) is 0 Å². The van der Waals surface area contributed by atoms with Gasteiger partial charge in [-0.1, -0.05) is 13.8 Å². The van der Waals surface area contributed by atoms with Crippen LogP contribution in [0.1, 0.15) is 13.8 Å². The number of carbonyl (C=O) groups is 1. The molecule has 0 aliphatic rings. The highest BCUT2D eigenvalue weighted by Crippen LogP contribution is 2.00. The Morgan fingerprint density at radius 2 is 2.30 bits per heavy atom. The number of anilines is 1. The number of amides is 1. The van der Waals surface area contributed by atoms with Crippen LogP contribution in [0.25, 0.3) is 0 Å². The van der Waals surface area contributed by atoms with Gasteiger partial charge in [-0.15, -0.1) is 0 Å². The number of aliphatic hydroxyl groups excluding tert-OH is 1. The highest BCUT2D eigenvalue weighted by atomic mass is 16.3. The Morgan fingerprint density at radius 1 is 1.60 bits per heavy atom. The maximum absolute atomic E-state index is 11.6. The number of nitrogens with two attached hydrogens (primary N) is 1. The van der Waals surface area contributed by atoms with E-state index in [1.165, 1.54) is 6.20 Å². The summed E-state index contributed by atoms with van der Waals surface area (Å²) in [6.07, 6.45) is 2.60. The third-order valence-electron chi connectivity index (χ3n) is 2.69. The van der Waals surface area contributed by atoms with Gasteiger partial charge in [-0.05, 0) is 13.0 Å². The van der Waals surface area contributed by atoms with Crippen LogP contribution in [-0.4, -0.2) is 58.5 Å². The minimum atomic E-state index is -0.600. The van der Waals surface area contributed by atoms with E-state index < -0.39 is 6.10 Å². The molecule has 0 fully saturated rings. The van der Waals surface area contributed by atoms with Crippen molar-refractivity contribution in [3.63, 3.8) is 0 Å². The second-order valence-corrected chi connectivity index (χ2v) is 5.54. The van der Waals surface area contributed by atoms with Crippen LogP contribution in [0.2, 0.25) is 0 Å². The summed E-state index contributed by atoms with van der Waals surface area (Å²) in [6, 6.07) is 0. The molecular weight excluding hydrogens is 258 g/mol. The van der Waals surface area contributed by atoms with Crippen molar-refractivity contribution in [3.05, 3.63) is 12.4 Å². The first kappa shape index (κ1) is 16.5. The van der Waals surface area contributed by atoms with E-state index in [-0.39, 0.29) is 12.5 Å². The molecule has 1 atom stereocenters. The summed E-state index contributed by atoms with van der Waals surface area (Å²) in [5.74, 6) is 0.400. The molecule has 0 aromatic carbocycles. The average Bonchev–Trinajstić information content (AvgIpc) is 2.71. The van der Waals surface area contributed by atoms with Crippen molar-refractivity contribution in [1.82, 2.24) is 20.0 Å². The minimum absolute atomic E-state index is 0.0308. The van der Waals surface area contributed by atoms with Gasteiger partial charge in [0, 0.05) is 19.3 Å². The molecule has 0 saturated heterocycles. The highest BCUT2D eigenvalue weighted by molar-refractivity contribution is 5.77. The maximum Gasteiger partial charge on any atom is 0.234 e. The second-order valence-electron chi connectivity index (χ2n) is 5.54. The van der Waals surface area contributed by atoms with E-state index >= 15 is 0 Å². The van der Waals surface area contributed by atoms with Gasteiger partial charge in [-0.25, -0.2) is 0 Å². The predicted molar refractivity (Wildman–Crippen MR) is 78.0 cm³/mol. The average molecular weight is 283 g/mol. The zero-order valence-electron chi connectivity index (χ0n) is 12.4. The van der Waals surface area contributed by atoms with E-state index in [1.54, 1.807) is 22.8 Å². The summed E-state index contributed by atoms with van der Waals surface area (Å²) in [6.45, 7) is 5.78. The van der Waals surface area contributed by atoms with Gasteiger partial charge >= 0.3 is 0 Å². The summed E-state index contributed by atoms with van der Waals surface area (Å²) in [4.78, 5) is 13.4. The molecule has 0 radical (unpaired) electrons. The number of aromatic nitrogens is 2. The molecule has 1 amide bonds. The Morgan fingerprint density at radius 3 is 2.85 bits per heavy atom. The van der Waals surface area contributed by atoms with Gasteiger partial charge < -0.3 is 16.2 Å². The third-order valence-corrected chi connectivity index (χ3v) is 2.69. The fourth-order valence-corrected chi connectivity index (χ4v) is 1.80. The third kappa shape index (κ3) is 6.53. The first-order chi connectivity index (χ1) is 9.36. The van der Waals surface area contributed by atoms with E-state index in [0.29, 0.717) is 31.2 Å². The molecule has 114 valence electrons. The number of aliphatic hydroxyl groups is 1. The van der Waals surface area contributed by atoms with E-state index in [4.69, 9.17) is 5.73 Å². The molecule has 4 N–H and O–H groups in total. The van der Waals surface area contributed by atoms with Gasteiger partial charge in [-0.2, -0.15) is 5.10 Å². The molecule has 7 nitrogen and oxygen atoms in total. The Hall–Kier alpha value is -1.60. The topological polar surface area (TPSA) is 96.4 Å². The molecule has 0 aliphatic heterocycles. The number of likely N-dealkylation sites (N-methyl/N-ethyl adjacent to an activating group) is 1. The summed E-state index contributed by atoms with van der Waals surface area (Å²) in [5, 5.41) is 16.8. The van der Waals surface area contributed by atoms with E-state index in [0.717, 1.165) is 0 Å². The van der Waals surface area contributed by atoms with Crippen LogP contribution in [0, 0.1) is 5.92 Å². The molecule has 7 heteroatoms. The fourth-order valence-electron chi connectivity index (χ4n) is 1.80. The summed E-state index contributed by atoms with van der Waals surface area (Å²) in [7, 11) is 1.80. The molecule has 0 aliphatic carbocycles. The van der Waals surface area contributed by atoms with Gasteiger partial charge in [0.2, 0.25) is 5.91 Å². The molecule has 0 saturated carbocycles. The van der Waals surface area contributed by atoms with Crippen LogP contribution in [0.4, 0.5) is 5.69 Å². The number of nitrogen functional groups attached to an aromatic ring is 1. The number of rotatable bonds is 8. The number of hydrogen-bond acceptors (Lipinski definition) is 5. The molecule has 1 aromatic rings. The lowest BCUT2D eigenvalue weighted by molar-refractivity contribution is -0.122. The maximum atomic E-state index is 11.6. The molecule has 0 bridgehead atoms. The lowest BCUT2D eigenvalue weighted by Gasteiger charge is -2.20. The van der Waals surface area contributed by atoms with E-state index in [9.17, 15) is 9.90 Å². The van der Waals surface area contributed by atoms with Gasteiger partial charge in [0.15, 0.2) is 0 Å². The molecule has 20 heavy (non-hydrogen) atoms. The molecule has 1 aromatic heterocycles. The second kappa shape index (κ2) is 7.86. The number of nitrogens with one attached hydrogen (secondary N) is 1. The highest BCUT2D eigenvalue weighted by Gasteiger charge is 2.12. The van der Waals surface area contributed by atoms with Gasteiger partial charge in [-0.3, -0.25) is 14.4 Å². The fraction of sp³-hybridized carbons (Fsp3) is 0.692. The summed E-state index contributed by atoms with van der Waals surface area (Å²) < 4.78 is 1.59. The van der Waals surface area contributed by atoms with Crippen molar-refractivity contribution in [3.8, 4) is 0 Å². The monoisotopic (exact) mass is 283 g/mol. The van der Waals surface area contributed by atoms with Crippen molar-refractivity contribution in [2.45, 2.75) is 26.5 Å². The lowest BCUT2D eigenvalue weighted by atomic mass is 10.2. The minimum Gasteiger partial charge on any atom is -0.396 e. The summed E-state index contributed by atoms with van der Waals surface area (Å²) in [5.41, 5.74) is 6.12. The number of nitrogens with zero attached hydrogens (tertiary/aromatic N) is 3. The predicted octanol–water partition coefficient (Wildman–Crippen LogP) is -0.470. The molecule has 1 unspecified atom stereocenters. The van der Waals surface area contributed by atoms with Crippen LogP contribution >= 0.6 is 0 Å². The van der Waals surface area contributed by atoms with Crippen LogP contribution in [0.3, 0.4) is 0 Å². The molecule has 0 spiro atoms. The Bertz CT molecular complexity index is 419. The number of carbonyl (C=O) groups excluding carboxylic acids is 1. The smallest absolute Gasteiger partial charge is 0.234 e. The van der Waals surface area contributed by atoms with Crippen LogP contribution in [-0.2, 0) is 11.3 Å². The lowest BCUT2D eigenvalue weighted by Crippen LogP contribution is -2.40. The first-order valence-electron chi connectivity index (χ1n) is 6.78. The van der Waals surface area contributed by atoms with Gasteiger partial charge in [0.05, 0.1) is 31.1 Å². The molecule has 1 heterocycles. The Balaban J connectivity index is 2.27. The standard InChI is InChI=1S/C13H25N5O2/c1-10(2)4-15-13(20)9-17(3)7-12(19)8-18-6-11(14)5-16-18/h5-6,10,12,19H,4,7-9,14H2,1-3H3,(H,15,20). The van der Waals surface area contributed by atoms with Crippen molar-refractivity contribution < 1.29 is 9.90 Å². The zero-order valence-corrected chi connectivity index (χ0v) is 12.4. The largest absolute Gasteiger partial charge is 0.396 e.